The molecule has 47 heavy (non-hydrogen) atoms. The number of hydrogen-bond acceptors (Lipinski definition) is 6. The number of carbonyl (C=O) groups excluding carboxylic acids is 2. The number of fused-ring (bicyclic) bond motifs is 3. The minimum atomic E-state index is -1.41. The zero-order chi connectivity index (χ0) is 32.8. The van der Waals surface area contributed by atoms with Gasteiger partial charge in [-0.05, 0) is 46.7 Å². The summed E-state index contributed by atoms with van der Waals surface area (Å²) in [6, 6.07) is 34.1. The minimum Gasteiger partial charge on any atom is -0.480 e. The first-order chi connectivity index (χ1) is 22.8. The molecule has 9 heteroatoms. The quantitative estimate of drug-likeness (QED) is 0.193. The second-order valence-electron chi connectivity index (χ2n) is 12.3. The maximum atomic E-state index is 14.1. The number of hydrogen-bond donors (Lipinski definition) is 3. The maximum absolute atomic E-state index is 14.1. The van der Waals surface area contributed by atoms with Gasteiger partial charge in [0, 0.05) is 25.6 Å². The maximum Gasteiger partial charge on any atom is 0.408 e. The van der Waals surface area contributed by atoms with Crippen LogP contribution in [0.2, 0.25) is 0 Å². The molecule has 242 valence electrons. The molecule has 9 nitrogen and oxygen atoms in total. The van der Waals surface area contributed by atoms with Crippen LogP contribution in [0.1, 0.15) is 41.5 Å². The van der Waals surface area contributed by atoms with Gasteiger partial charge in [0.25, 0.3) is 0 Å². The molecule has 1 fully saturated rings. The van der Waals surface area contributed by atoms with E-state index in [1.807, 2.05) is 97.1 Å². The van der Waals surface area contributed by atoms with Crippen LogP contribution in [0.3, 0.4) is 0 Å². The number of nitrogens with one attached hydrogen (secondary N) is 2. The predicted octanol–water partition coefficient (Wildman–Crippen LogP) is 5.34. The van der Waals surface area contributed by atoms with E-state index in [1.165, 1.54) is 0 Å². The molecule has 2 amide bonds. The molecular weight excluding hydrogens is 594 g/mol. The van der Waals surface area contributed by atoms with Crippen molar-refractivity contribution in [2.45, 2.75) is 50.1 Å². The number of carboxylic acid groups (broad SMARTS) is 1. The number of amides is 2. The minimum absolute atomic E-state index is 0.0907. The van der Waals surface area contributed by atoms with Crippen LogP contribution in [0.15, 0.2) is 109 Å². The van der Waals surface area contributed by atoms with Crippen LogP contribution >= 0.6 is 0 Å². The largest absolute Gasteiger partial charge is 0.480 e. The van der Waals surface area contributed by atoms with Gasteiger partial charge < -0.3 is 25.2 Å². The molecule has 1 aliphatic heterocycles. The molecule has 1 unspecified atom stereocenters. The highest BCUT2D eigenvalue weighted by Gasteiger charge is 2.48. The van der Waals surface area contributed by atoms with Gasteiger partial charge in [-0.2, -0.15) is 0 Å². The summed E-state index contributed by atoms with van der Waals surface area (Å²) in [5.41, 5.74) is 4.93. The number of alkyl carbamates (subject to hydrolysis) is 1. The van der Waals surface area contributed by atoms with Gasteiger partial charge in [-0.3, -0.25) is 9.69 Å². The van der Waals surface area contributed by atoms with Crippen molar-refractivity contribution in [1.82, 2.24) is 15.5 Å². The van der Waals surface area contributed by atoms with Crippen LogP contribution in [0.5, 0.6) is 0 Å². The van der Waals surface area contributed by atoms with Crippen LogP contribution in [-0.2, 0) is 32.2 Å². The Morgan fingerprint density at radius 2 is 1.43 bits per heavy atom. The molecule has 1 saturated heterocycles. The molecule has 1 aliphatic carbocycles. The molecule has 0 bridgehead atoms. The molecule has 6 rings (SSSR count). The number of benzene rings is 4. The van der Waals surface area contributed by atoms with E-state index in [-0.39, 0.29) is 32.1 Å². The van der Waals surface area contributed by atoms with Crippen LogP contribution in [0, 0.1) is 0 Å². The molecule has 0 spiro atoms. The van der Waals surface area contributed by atoms with E-state index in [1.54, 1.807) is 6.92 Å². The summed E-state index contributed by atoms with van der Waals surface area (Å²) in [4.78, 5) is 42.0. The van der Waals surface area contributed by atoms with E-state index in [0.29, 0.717) is 13.1 Å². The lowest BCUT2D eigenvalue weighted by atomic mass is 9.96. The Balaban J connectivity index is 1.17. The van der Waals surface area contributed by atoms with Crippen molar-refractivity contribution in [1.29, 1.82) is 0 Å². The number of carboxylic acids is 1. The van der Waals surface area contributed by atoms with Gasteiger partial charge in [-0.25, -0.2) is 9.59 Å². The Labute approximate surface area is 274 Å². The summed E-state index contributed by atoms with van der Waals surface area (Å²) in [5, 5.41) is 15.7. The summed E-state index contributed by atoms with van der Waals surface area (Å²) in [6.07, 6.45) is -1.30. The molecule has 4 aromatic carbocycles. The molecule has 1 heterocycles. The monoisotopic (exact) mass is 633 g/mol. The SMILES string of the molecule is C[C@H](OCc1ccccc1)[C@@H](NC(=O)C1(NC(=O)OCC2c3ccccc3-c3ccccc32)CCN(Cc2ccccc2)C1)C(=O)O. The lowest BCUT2D eigenvalue weighted by Gasteiger charge is -2.32. The fourth-order valence-corrected chi connectivity index (χ4v) is 6.60. The number of nitrogens with zero attached hydrogens (tertiary/aromatic N) is 1. The van der Waals surface area contributed by atoms with E-state index in [9.17, 15) is 19.5 Å². The lowest BCUT2D eigenvalue weighted by molar-refractivity contribution is -0.147. The number of rotatable bonds is 12. The van der Waals surface area contributed by atoms with Crippen molar-refractivity contribution < 1.29 is 29.0 Å². The topological polar surface area (TPSA) is 117 Å². The van der Waals surface area contributed by atoms with Gasteiger partial charge in [0.2, 0.25) is 5.91 Å². The van der Waals surface area contributed by atoms with Crippen LogP contribution in [-0.4, -0.2) is 65.4 Å². The molecule has 2 aliphatic rings. The first-order valence-electron chi connectivity index (χ1n) is 15.9. The van der Waals surface area contributed by atoms with E-state index in [2.05, 4.69) is 27.7 Å². The molecule has 3 atom stereocenters. The van der Waals surface area contributed by atoms with Crippen molar-refractivity contribution in [3.63, 3.8) is 0 Å². The summed E-state index contributed by atoms with van der Waals surface area (Å²) in [5.74, 6) is -1.96. The molecule has 0 saturated carbocycles. The average molecular weight is 634 g/mol. The standard InChI is InChI=1S/C38H39N3O6/c1-26(46-23-28-14-6-3-7-15-28)34(35(42)43)39-36(44)38(20-21-41(25-38)22-27-12-4-2-5-13-27)40-37(45)47-24-33-31-18-10-8-16-29(31)30-17-9-11-19-32(30)33/h2-19,26,33-34H,20-25H2,1H3,(H,39,44)(H,40,45)(H,42,43)/t26-,34+,38?/m0/s1. The van der Waals surface area contributed by atoms with E-state index < -0.39 is 35.7 Å². The Morgan fingerprint density at radius 3 is 2.04 bits per heavy atom. The van der Waals surface area contributed by atoms with Gasteiger partial charge in [0.1, 0.15) is 12.1 Å². The van der Waals surface area contributed by atoms with Crippen LogP contribution < -0.4 is 10.6 Å². The highest BCUT2D eigenvalue weighted by atomic mass is 16.5. The smallest absolute Gasteiger partial charge is 0.408 e. The molecule has 0 aromatic heterocycles. The second kappa shape index (κ2) is 14.2. The van der Waals surface area contributed by atoms with Crippen molar-refractivity contribution in [3.8, 4) is 11.1 Å². The molecular formula is C38H39N3O6. The highest BCUT2D eigenvalue weighted by molar-refractivity contribution is 5.93. The Hall–Kier alpha value is -4.99. The van der Waals surface area contributed by atoms with E-state index in [4.69, 9.17) is 9.47 Å². The number of aliphatic carboxylic acids is 1. The van der Waals surface area contributed by atoms with Gasteiger partial charge in [0.05, 0.1) is 12.7 Å². The number of carbonyl (C=O) groups is 3. The molecule has 4 aromatic rings. The predicted molar refractivity (Wildman–Crippen MR) is 178 cm³/mol. The zero-order valence-corrected chi connectivity index (χ0v) is 26.3. The normalized spacial score (nSPS) is 18.5. The molecule has 0 radical (unpaired) electrons. The van der Waals surface area contributed by atoms with Gasteiger partial charge >= 0.3 is 12.1 Å². The Kier molecular flexibility index (Phi) is 9.65. The number of ether oxygens (including phenoxy) is 2. The summed E-state index contributed by atoms with van der Waals surface area (Å²) >= 11 is 0. The van der Waals surface area contributed by atoms with Crippen molar-refractivity contribution >= 4 is 18.0 Å². The number of likely N-dealkylation sites (tertiary alicyclic amines) is 1. The van der Waals surface area contributed by atoms with Crippen molar-refractivity contribution in [3.05, 3.63) is 131 Å². The highest BCUT2D eigenvalue weighted by Crippen LogP contribution is 2.44. The van der Waals surface area contributed by atoms with Gasteiger partial charge in [0.15, 0.2) is 6.04 Å². The summed E-state index contributed by atoms with van der Waals surface area (Å²) in [6.45, 7) is 3.17. The summed E-state index contributed by atoms with van der Waals surface area (Å²) < 4.78 is 11.7. The fourth-order valence-electron chi connectivity index (χ4n) is 6.60. The Morgan fingerprint density at radius 1 is 0.851 bits per heavy atom. The van der Waals surface area contributed by atoms with E-state index >= 15 is 0 Å². The van der Waals surface area contributed by atoms with Crippen LogP contribution in [0.4, 0.5) is 4.79 Å². The van der Waals surface area contributed by atoms with Crippen LogP contribution in [0.25, 0.3) is 11.1 Å². The second-order valence-corrected chi connectivity index (χ2v) is 12.3. The third kappa shape index (κ3) is 7.21. The molecule has 3 N–H and O–H groups in total. The first-order valence-corrected chi connectivity index (χ1v) is 15.9. The average Bonchev–Trinajstić information content (AvgIpc) is 3.64. The first kappa shape index (κ1) is 32.0. The van der Waals surface area contributed by atoms with Crippen molar-refractivity contribution in [2.75, 3.05) is 19.7 Å². The lowest BCUT2D eigenvalue weighted by Crippen LogP contribution is -2.64. The third-order valence-corrected chi connectivity index (χ3v) is 9.09. The Bertz CT molecular complexity index is 1670. The van der Waals surface area contributed by atoms with E-state index in [0.717, 1.165) is 33.4 Å². The fraction of sp³-hybridized carbons (Fsp3) is 0.289. The third-order valence-electron chi connectivity index (χ3n) is 9.09. The summed E-state index contributed by atoms with van der Waals surface area (Å²) in [7, 11) is 0. The van der Waals surface area contributed by atoms with Crippen molar-refractivity contribution in [2.24, 2.45) is 0 Å². The zero-order valence-electron chi connectivity index (χ0n) is 26.3. The van der Waals surface area contributed by atoms with Gasteiger partial charge in [-0.1, -0.05) is 109 Å². The van der Waals surface area contributed by atoms with Gasteiger partial charge in [-0.15, -0.1) is 0 Å².